The summed E-state index contributed by atoms with van der Waals surface area (Å²) in [6, 6.07) is 2.26. The van der Waals surface area contributed by atoms with Crippen LogP contribution in [0.5, 0.6) is 0 Å². The molecule has 0 aromatic heterocycles. The van der Waals surface area contributed by atoms with Crippen LogP contribution < -0.4 is 5.32 Å². The fourth-order valence-electron chi connectivity index (χ4n) is 2.70. The van der Waals surface area contributed by atoms with E-state index in [0.29, 0.717) is 25.9 Å². The van der Waals surface area contributed by atoms with Crippen molar-refractivity contribution in [3.8, 4) is 0 Å². The number of aliphatic carboxylic acids is 1. The minimum absolute atomic E-state index is 0.0473. The summed E-state index contributed by atoms with van der Waals surface area (Å²) < 4.78 is 13.5. The van der Waals surface area contributed by atoms with Crippen molar-refractivity contribution in [1.82, 2.24) is 10.2 Å². The fourth-order valence-corrected chi connectivity index (χ4v) is 2.81. The standard InChI is InChI=1S/C16H18ClFN2O4/c1-9(21)20-6-4-10(5-7-20)15(22)19-14(16(23)24)11-2-3-12(17)13(18)8-11/h2-3,8,10,14H,4-7H2,1H3,(H,19,22)(H,23,24). The molecule has 1 atom stereocenters. The van der Waals surface area contributed by atoms with Crippen molar-refractivity contribution in [3.63, 3.8) is 0 Å². The lowest BCUT2D eigenvalue weighted by Crippen LogP contribution is -2.44. The molecule has 1 unspecified atom stereocenters. The molecular weight excluding hydrogens is 339 g/mol. The molecule has 0 saturated carbocycles. The molecule has 0 radical (unpaired) electrons. The van der Waals surface area contributed by atoms with Gasteiger partial charge in [-0.2, -0.15) is 0 Å². The van der Waals surface area contributed by atoms with Gasteiger partial charge in [-0.05, 0) is 30.5 Å². The normalized spacial score (nSPS) is 16.5. The number of carboxylic acids is 1. The predicted molar refractivity (Wildman–Crippen MR) is 84.9 cm³/mol. The first-order valence-corrected chi connectivity index (χ1v) is 7.91. The number of carboxylic acid groups (broad SMARTS) is 1. The number of likely N-dealkylation sites (tertiary alicyclic amines) is 1. The molecule has 0 bridgehead atoms. The van der Waals surface area contributed by atoms with Crippen LogP contribution >= 0.6 is 11.6 Å². The average molecular weight is 357 g/mol. The molecule has 1 aromatic rings. The second-order valence-electron chi connectivity index (χ2n) is 5.73. The monoisotopic (exact) mass is 356 g/mol. The highest BCUT2D eigenvalue weighted by Gasteiger charge is 2.30. The van der Waals surface area contributed by atoms with E-state index in [9.17, 15) is 23.9 Å². The van der Waals surface area contributed by atoms with Crippen LogP contribution in [0.4, 0.5) is 4.39 Å². The number of carbonyl (C=O) groups is 3. The third-order valence-corrected chi connectivity index (χ3v) is 4.43. The lowest BCUT2D eigenvalue weighted by atomic mass is 9.95. The number of rotatable bonds is 4. The maximum Gasteiger partial charge on any atom is 0.330 e. The summed E-state index contributed by atoms with van der Waals surface area (Å²) in [6.07, 6.45) is 0.930. The summed E-state index contributed by atoms with van der Waals surface area (Å²) >= 11 is 5.59. The van der Waals surface area contributed by atoms with Crippen molar-refractivity contribution in [1.29, 1.82) is 0 Å². The van der Waals surface area contributed by atoms with E-state index < -0.39 is 23.7 Å². The molecule has 1 aromatic carbocycles. The predicted octanol–water partition coefficient (Wildman–Crippen LogP) is 1.98. The van der Waals surface area contributed by atoms with E-state index >= 15 is 0 Å². The van der Waals surface area contributed by atoms with Gasteiger partial charge in [-0.3, -0.25) is 9.59 Å². The molecule has 2 N–H and O–H groups in total. The Morgan fingerprint density at radius 3 is 2.46 bits per heavy atom. The van der Waals surface area contributed by atoms with Crippen molar-refractivity contribution in [2.75, 3.05) is 13.1 Å². The van der Waals surface area contributed by atoms with Crippen LogP contribution in [0.25, 0.3) is 0 Å². The van der Waals surface area contributed by atoms with Crippen molar-refractivity contribution in [3.05, 3.63) is 34.6 Å². The average Bonchev–Trinajstić information content (AvgIpc) is 2.55. The van der Waals surface area contributed by atoms with E-state index in [0.717, 1.165) is 6.07 Å². The van der Waals surface area contributed by atoms with Gasteiger partial charge in [0.05, 0.1) is 5.02 Å². The number of benzene rings is 1. The molecule has 1 saturated heterocycles. The van der Waals surface area contributed by atoms with Crippen LogP contribution in [0.15, 0.2) is 18.2 Å². The van der Waals surface area contributed by atoms with Crippen molar-refractivity contribution in [2.24, 2.45) is 5.92 Å². The topological polar surface area (TPSA) is 86.7 Å². The smallest absolute Gasteiger partial charge is 0.330 e. The molecule has 1 fully saturated rings. The number of nitrogens with one attached hydrogen (secondary N) is 1. The summed E-state index contributed by atoms with van der Waals surface area (Å²) in [5.41, 5.74) is 0.110. The van der Waals surface area contributed by atoms with Gasteiger partial charge in [0.15, 0.2) is 6.04 Å². The summed E-state index contributed by atoms with van der Waals surface area (Å²) in [4.78, 5) is 36.7. The summed E-state index contributed by atoms with van der Waals surface area (Å²) in [6.45, 7) is 2.39. The van der Waals surface area contributed by atoms with Gasteiger partial charge in [0.2, 0.25) is 11.8 Å². The minimum Gasteiger partial charge on any atom is -0.479 e. The number of hydrogen-bond donors (Lipinski definition) is 2. The lowest BCUT2D eigenvalue weighted by molar-refractivity contribution is -0.143. The Morgan fingerprint density at radius 2 is 1.96 bits per heavy atom. The van der Waals surface area contributed by atoms with E-state index in [1.54, 1.807) is 4.90 Å². The van der Waals surface area contributed by atoms with E-state index in [1.807, 2.05) is 0 Å². The number of piperidine rings is 1. The van der Waals surface area contributed by atoms with Crippen LogP contribution in [-0.4, -0.2) is 40.9 Å². The van der Waals surface area contributed by atoms with Gasteiger partial charge in [-0.25, -0.2) is 9.18 Å². The van der Waals surface area contributed by atoms with Crippen LogP contribution in [0.2, 0.25) is 5.02 Å². The first-order chi connectivity index (χ1) is 11.3. The van der Waals surface area contributed by atoms with Crippen LogP contribution in [0.3, 0.4) is 0 Å². The molecule has 24 heavy (non-hydrogen) atoms. The molecule has 2 rings (SSSR count). The SMILES string of the molecule is CC(=O)N1CCC(C(=O)NC(C(=O)O)c2ccc(Cl)c(F)c2)CC1. The third kappa shape index (κ3) is 4.23. The second kappa shape index (κ2) is 7.61. The van der Waals surface area contributed by atoms with Crippen molar-refractivity contribution >= 4 is 29.4 Å². The molecular formula is C16H18ClFN2O4. The molecule has 1 aliphatic heterocycles. The quantitative estimate of drug-likeness (QED) is 0.863. The summed E-state index contributed by atoms with van der Waals surface area (Å²) in [5, 5.41) is 11.6. The summed E-state index contributed by atoms with van der Waals surface area (Å²) in [5.74, 6) is -2.87. The Hall–Kier alpha value is -2.15. The van der Waals surface area contributed by atoms with Gasteiger partial charge in [0, 0.05) is 25.9 Å². The van der Waals surface area contributed by atoms with Gasteiger partial charge in [-0.1, -0.05) is 17.7 Å². The Balaban J connectivity index is 2.05. The fraction of sp³-hybridized carbons (Fsp3) is 0.438. The van der Waals surface area contributed by atoms with Gasteiger partial charge >= 0.3 is 5.97 Å². The van der Waals surface area contributed by atoms with Crippen molar-refractivity contribution < 1.29 is 23.9 Å². The number of halogens is 2. The lowest BCUT2D eigenvalue weighted by Gasteiger charge is -2.31. The second-order valence-corrected chi connectivity index (χ2v) is 6.14. The number of amides is 2. The number of carbonyl (C=O) groups excluding carboxylic acids is 2. The van der Waals surface area contributed by atoms with Gasteiger partial charge < -0.3 is 15.3 Å². The molecule has 8 heteroatoms. The highest BCUT2D eigenvalue weighted by molar-refractivity contribution is 6.30. The van der Waals surface area contributed by atoms with E-state index in [2.05, 4.69) is 5.32 Å². The molecule has 6 nitrogen and oxygen atoms in total. The van der Waals surface area contributed by atoms with E-state index in [-0.39, 0.29) is 22.4 Å². The van der Waals surface area contributed by atoms with Crippen LogP contribution in [0, 0.1) is 11.7 Å². The Kier molecular flexibility index (Phi) is 5.77. The van der Waals surface area contributed by atoms with E-state index in [1.165, 1.54) is 19.1 Å². The molecule has 1 heterocycles. The maximum absolute atomic E-state index is 13.5. The number of hydrogen-bond acceptors (Lipinski definition) is 3. The first kappa shape index (κ1) is 18.2. The zero-order valence-corrected chi connectivity index (χ0v) is 13.8. The highest BCUT2D eigenvalue weighted by atomic mass is 35.5. The highest BCUT2D eigenvalue weighted by Crippen LogP contribution is 2.23. The van der Waals surface area contributed by atoms with Gasteiger partial charge in [0.1, 0.15) is 5.82 Å². The Bertz CT molecular complexity index is 659. The molecule has 0 aliphatic carbocycles. The van der Waals surface area contributed by atoms with Gasteiger partial charge in [-0.15, -0.1) is 0 Å². The zero-order valence-electron chi connectivity index (χ0n) is 13.1. The van der Waals surface area contributed by atoms with Crippen LogP contribution in [0.1, 0.15) is 31.4 Å². The Labute approximate surface area is 143 Å². The van der Waals surface area contributed by atoms with Gasteiger partial charge in [0.25, 0.3) is 0 Å². The number of nitrogens with zero attached hydrogens (tertiary/aromatic N) is 1. The minimum atomic E-state index is -1.35. The van der Waals surface area contributed by atoms with Crippen LogP contribution in [-0.2, 0) is 14.4 Å². The van der Waals surface area contributed by atoms with E-state index in [4.69, 9.17) is 11.6 Å². The van der Waals surface area contributed by atoms with Crippen molar-refractivity contribution in [2.45, 2.75) is 25.8 Å². The largest absolute Gasteiger partial charge is 0.479 e. The maximum atomic E-state index is 13.5. The molecule has 130 valence electrons. The third-order valence-electron chi connectivity index (χ3n) is 4.12. The zero-order chi connectivity index (χ0) is 17.9. The molecule has 2 amide bonds. The summed E-state index contributed by atoms with van der Waals surface area (Å²) in [7, 11) is 0. The first-order valence-electron chi connectivity index (χ1n) is 7.53. The molecule has 0 spiro atoms. The molecule has 1 aliphatic rings. The Morgan fingerprint density at radius 1 is 1.33 bits per heavy atom.